The number of hydrazine groups is 1. The fourth-order valence-corrected chi connectivity index (χ4v) is 3.80. The number of sulfonamides is 1. The molecule has 10 heteroatoms. The number of benzene rings is 2. The highest BCUT2D eigenvalue weighted by Gasteiger charge is 2.19. The van der Waals surface area contributed by atoms with E-state index in [1.165, 1.54) is 17.7 Å². The molecule has 0 saturated heterocycles. The molecule has 0 spiro atoms. The molecule has 2 heterocycles. The zero-order valence-corrected chi connectivity index (χ0v) is 17.7. The Bertz CT molecular complexity index is 1210. The molecular formula is C20H23N7O2S. The molecule has 4 rings (SSSR count). The lowest BCUT2D eigenvalue weighted by molar-refractivity contribution is 0.598. The van der Waals surface area contributed by atoms with Crippen LogP contribution in [0.5, 0.6) is 0 Å². The Morgan fingerprint density at radius 1 is 1.17 bits per heavy atom. The van der Waals surface area contributed by atoms with Crippen LogP contribution in [-0.2, 0) is 10.0 Å². The molecule has 0 bridgehead atoms. The van der Waals surface area contributed by atoms with Crippen LogP contribution in [0.1, 0.15) is 24.1 Å². The van der Waals surface area contributed by atoms with Crippen molar-refractivity contribution in [3.8, 4) is 0 Å². The third kappa shape index (κ3) is 3.92. The highest BCUT2D eigenvalue weighted by Crippen LogP contribution is 2.33. The topological polar surface area (TPSA) is 125 Å². The Kier molecular flexibility index (Phi) is 5.06. The van der Waals surface area contributed by atoms with Gasteiger partial charge in [-0.3, -0.25) is 0 Å². The number of nitrogens with one attached hydrogen (secondary N) is 3. The van der Waals surface area contributed by atoms with Crippen molar-refractivity contribution in [3.63, 3.8) is 0 Å². The molecule has 3 aromatic rings. The number of primary sulfonamides is 1. The van der Waals surface area contributed by atoms with E-state index in [1.54, 1.807) is 18.3 Å². The molecule has 30 heavy (non-hydrogen) atoms. The van der Waals surface area contributed by atoms with Crippen LogP contribution in [0.15, 0.2) is 53.6 Å². The van der Waals surface area contributed by atoms with Crippen LogP contribution in [0.3, 0.4) is 0 Å². The van der Waals surface area contributed by atoms with E-state index in [0.29, 0.717) is 17.5 Å². The molecule has 0 amide bonds. The third-order valence-corrected chi connectivity index (χ3v) is 5.99. The highest BCUT2D eigenvalue weighted by atomic mass is 32.2. The number of nitrogens with two attached hydrogens (primary N) is 1. The summed E-state index contributed by atoms with van der Waals surface area (Å²) in [7, 11) is -1.88. The monoisotopic (exact) mass is 425 g/mol. The quantitative estimate of drug-likeness (QED) is 0.492. The van der Waals surface area contributed by atoms with Crippen LogP contribution in [0, 0.1) is 6.92 Å². The predicted octanol–water partition coefficient (Wildman–Crippen LogP) is 2.94. The summed E-state index contributed by atoms with van der Waals surface area (Å²) in [5, 5.41) is 8.33. The van der Waals surface area contributed by atoms with Gasteiger partial charge in [-0.25, -0.2) is 24.0 Å². The molecule has 156 valence electrons. The van der Waals surface area contributed by atoms with Gasteiger partial charge in [-0.2, -0.15) is 4.98 Å². The molecule has 2 aromatic carbocycles. The maximum Gasteiger partial charge on any atom is 0.238 e. The van der Waals surface area contributed by atoms with Gasteiger partial charge in [0.2, 0.25) is 16.0 Å². The minimum absolute atomic E-state index is 0.0253. The summed E-state index contributed by atoms with van der Waals surface area (Å²) in [4.78, 5) is 10.8. The first-order valence-electron chi connectivity index (χ1n) is 9.35. The van der Waals surface area contributed by atoms with Crippen LogP contribution in [-0.4, -0.2) is 25.4 Å². The van der Waals surface area contributed by atoms with Crippen molar-refractivity contribution >= 4 is 38.9 Å². The number of rotatable bonds is 5. The van der Waals surface area contributed by atoms with Gasteiger partial charge in [0.25, 0.3) is 0 Å². The number of fused-ring (bicyclic) bond motifs is 1. The van der Waals surface area contributed by atoms with E-state index in [1.807, 2.05) is 24.9 Å². The summed E-state index contributed by atoms with van der Waals surface area (Å²) in [6, 6.07) is 12.9. The Morgan fingerprint density at radius 2 is 1.97 bits per heavy atom. The normalized spacial score (nSPS) is 15.4. The van der Waals surface area contributed by atoms with Gasteiger partial charge in [0.05, 0.1) is 16.6 Å². The summed E-state index contributed by atoms with van der Waals surface area (Å²) in [6.45, 7) is 3.95. The minimum Gasteiger partial charge on any atom is -0.329 e. The zero-order chi connectivity index (χ0) is 21.5. The summed E-state index contributed by atoms with van der Waals surface area (Å²) >= 11 is 0. The van der Waals surface area contributed by atoms with Gasteiger partial charge >= 0.3 is 0 Å². The molecule has 0 fully saturated rings. The van der Waals surface area contributed by atoms with Gasteiger partial charge < -0.3 is 15.6 Å². The number of aryl methyl sites for hydroxylation is 1. The van der Waals surface area contributed by atoms with E-state index in [0.717, 1.165) is 16.9 Å². The van der Waals surface area contributed by atoms with E-state index < -0.39 is 10.0 Å². The van der Waals surface area contributed by atoms with Crippen molar-refractivity contribution in [1.82, 2.24) is 15.4 Å². The van der Waals surface area contributed by atoms with Crippen molar-refractivity contribution in [2.24, 2.45) is 5.14 Å². The maximum atomic E-state index is 11.7. The molecule has 1 atom stereocenters. The van der Waals surface area contributed by atoms with Gasteiger partial charge in [-0.1, -0.05) is 12.1 Å². The summed E-state index contributed by atoms with van der Waals surface area (Å²) in [6.07, 6.45) is 1.65. The van der Waals surface area contributed by atoms with Crippen LogP contribution < -0.4 is 26.2 Å². The fourth-order valence-electron chi connectivity index (χ4n) is 3.26. The number of hydrogen-bond donors (Lipinski definition) is 4. The summed E-state index contributed by atoms with van der Waals surface area (Å²) in [5.41, 5.74) is 11.0. The highest BCUT2D eigenvalue weighted by molar-refractivity contribution is 7.89. The van der Waals surface area contributed by atoms with Crippen LogP contribution in [0.2, 0.25) is 0 Å². The molecule has 1 aliphatic rings. The number of aromatic nitrogens is 2. The van der Waals surface area contributed by atoms with Gasteiger partial charge in [-0.15, -0.1) is 0 Å². The second-order valence-electron chi connectivity index (χ2n) is 7.21. The molecular weight excluding hydrogens is 402 g/mol. The van der Waals surface area contributed by atoms with Gasteiger partial charge in [-0.05, 0) is 55.3 Å². The standard InChI is InChI=1S/C20H23N7O2S/c1-12-4-6-15(30(21,28)29)11-17(12)23-20-22-9-8-19(24-20)27(3)14-5-7-16-13(2)25-26-18(16)10-14/h4-11,13,25-26H,1-3H3,(H2,21,28,29)(H,22,23,24). The van der Waals surface area contributed by atoms with Crippen molar-refractivity contribution < 1.29 is 8.42 Å². The lowest BCUT2D eigenvalue weighted by atomic mass is 10.1. The van der Waals surface area contributed by atoms with Crippen LogP contribution in [0.4, 0.5) is 28.8 Å². The first kappa shape index (κ1) is 20.1. The Labute approximate surface area is 175 Å². The largest absolute Gasteiger partial charge is 0.329 e. The molecule has 5 N–H and O–H groups in total. The first-order valence-corrected chi connectivity index (χ1v) is 10.9. The summed E-state index contributed by atoms with van der Waals surface area (Å²) in [5.74, 6) is 1.04. The average molecular weight is 426 g/mol. The molecule has 0 aliphatic carbocycles. The lowest BCUT2D eigenvalue weighted by Gasteiger charge is -2.20. The fraction of sp³-hybridized carbons (Fsp3) is 0.200. The van der Waals surface area contributed by atoms with E-state index in [9.17, 15) is 8.42 Å². The van der Waals surface area contributed by atoms with Crippen molar-refractivity contribution in [3.05, 3.63) is 59.8 Å². The number of anilines is 5. The van der Waals surface area contributed by atoms with Crippen LogP contribution >= 0.6 is 0 Å². The molecule has 1 aliphatic heterocycles. The van der Waals surface area contributed by atoms with Gasteiger partial charge in [0, 0.05) is 24.6 Å². The first-order chi connectivity index (χ1) is 14.2. The van der Waals surface area contributed by atoms with Gasteiger partial charge in [0.1, 0.15) is 5.82 Å². The maximum absolute atomic E-state index is 11.7. The predicted molar refractivity (Wildman–Crippen MR) is 118 cm³/mol. The second kappa shape index (κ2) is 7.56. The van der Waals surface area contributed by atoms with E-state index in [4.69, 9.17) is 5.14 Å². The van der Waals surface area contributed by atoms with E-state index in [2.05, 4.69) is 45.2 Å². The summed E-state index contributed by atoms with van der Waals surface area (Å²) < 4.78 is 23.3. The van der Waals surface area contributed by atoms with Crippen molar-refractivity contribution in [2.75, 3.05) is 22.7 Å². The number of nitrogens with zero attached hydrogens (tertiary/aromatic N) is 3. The van der Waals surface area contributed by atoms with Crippen molar-refractivity contribution in [1.29, 1.82) is 0 Å². The Morgan fingerprint density at radius 3 is 2.73 bits per heavy atom. The minimum atomic E-state index is -3.80. The zero-order valence-electron chi connectivity index (χ0n) is 16.8. The molecule has 9 nitrogen and oxygen atoms in total. The van der Waals surface area contributed by atoms with Gasteiger partial charge in [0.15, 0.2) is 0 Å². The van der Waals surface area contributed by atoms with E-state index >= 15 is 0 Å². The molecule has 1 aromatic heterocycles. The van der Waals surface area contributed by atoms with Crippen molar-refractivity contribution in [2.45, 2.75) is 24.8 Å². The Balaban J connectivity index is 1.61. The average Bonchev–Trinajstić information content (AvgIpc) is 3.09. The Hall–Kier alpha value is -3.21. The lowest BCUT2D eigenvalue weighted by Crippen LogP contribution is -2.15. The smallest absolute Gasteiger partial charge is 0.238 e. The number of hydrogen-bond acceptors (Lipinski definition) is 8. The third-order valence-electron chi connectivity index (χ3n) is 5.08. The second-order valence-corrected chi connectivity index (χ2v) is 8.77. The molecule has 1 unspecified atom stereocenters. The molecule has 0 saturated carbocycles. The van der Waals surface area contributed by atoms with Crippen LogP contribution in [0.25, 0.3) is 0 Å². The SMILES string of the molecule is Cc1ccc(S(N)(=O)=O)cc1Nc1nccc(N(C)c2ccc3c(c2)NNC3C)n1. The molecule has 0 radical (unpaired) electrons. The van der Waals surface area contributed by atoms with E-state index in [-0.39, 0.29) is 10.9 Å².